The highest BCUT2D eigenvalue weighted by molar-refractivity contribution is 7.32. The number of ether oxygens (including phenoxy) is 2. The van der Waals surface area contributed by atoms with Gasteiger partial charge in [-0.3, -0.25) is 4.57 Å². The number of H-pyrrole nitrogens is 1. The Balaban J connectivity index is 2.03. The second-order valence-electron chi connectivity index (χ2n) is 6.28. The van der Waals surface area contributed by atoms with E-state index in [1.54, 1.807) is 25.1 Å². The number of aromatic amines is 1. The lowest BCUT2D eigenvalue weighted by Gasteiger charge is -2.12. The summed E-state index contributed by atoms with van der Waals surface area (Å²) in [5, 5.41) is 8.91. The van der Waals surface area contributed by atoms with Gasteiger partial charge in [0.1, 0.15) is 24.0 Å². The van der Waals surface area contributed by atoms with Crippen molar-refractivity contribution in [2.45, 2.75) is 19.6 Å². The number of nitrogens with one attached hydrogen (secondary N) is 1. The third-order valence-electron chi connectivity index (χ3n) is 4.24. The zero-order chi connectivity index (χ0) is 21.8. The van der Waals surface area contributed by atoms with Crippen LogP contribution < -0.4 is 20.9 Å². The molecular formula is C17H21N5O7P+. The minimum absolute atomic E-state index is 0.0240. The summed E-state index contributed by atoms with van der Waals surface area (Å²) >= 11 is 0. The Morgan fingerprint density at radius 3 is 2.77 bits per heavy atom. The van der Waals surface area contributed by atoms with Crippen LogP contribution in [-0.4, -0.2) is 49.8 Å². The zero-order valence-corrected chi connectivity index (χ0v) is 17.1. The molecule has 5 N–H and O–H groups in total. The molecule has 2 heterocycles. The molecule has 0 saturated carbocycles. The third-order valence-corrected chi connectivity index (χ3v) is 4.73. The Morgan fingerprint density at radius 1 is 1.33 bits per heavy atom. The number of nitrogens with two attached hydrogens (primary N) is 1. The highest BCUT2D eigenvalue weighted by atomic mass is 31.1. The molecule has 3 aromatic rings. The Kier molecular flexibility index (Phi) is 6.63. The summed E-state index contributed by atoms with van der Waals surface area (Å²) in [7, 11) is -1.30. The van der Waals surface area contributed by atoms with E-state index in [1.165, 1.54) is 11.7 Å². The Hall–Kier alpha value is -3.05. The standard InChI is InChI=1S/C17H20N5O7P/c1-9(29-30(25)26)11-5-10(6-12(7-11)27-2)8-22-15-13(19-17(22)24)14(18)20-16(21-15)28-4-3-23/h5-7,9,23H,3-4,8H2,1-2H3,(H3-,18,19,20,21,24,25,26)/p+1. The fraction of sp³-hybridized carbons (Fsp3) is 0.353. The van der Waals surface area contributed by atoms with Crippen LogP contribution in [0.2, 0.25) is 0 Å². The summed E-state index contributed by atoms with van der Waals surface area (Å²) < 4.78 is 27.8. The molecule has 0 amide bonds. The largest absolute Gasteiger partial charge is 0.695 e. The van der Waals surface area contributed by atoms with Crippen molar-refractivity contribution < 1.29 is 28.6 Å². The predicted molar refractivity (Wildman–Crippen MR) is 107 cm³/mol. The summed E-state index contributed by atoms with van der Waals surface area (Å²) in [6.07, 6.45) is -0.677. The van der Waals surface area contributed by atoms with Crippen molar-refractivity contribution in [1.82, 2.24) is 19.5 Å². The molecule has 2 aromatic heterocycles. The van der Waals surface area contributed by atoms with Crippen molar-refractivity contribution in [2.75, 3.05) is 26.1 Å². The molecule has 0 radical (unpaired) electrons. The van der Waals surface area contributed by atoms with E-state index < -0.39 is 20.0 Å². The van der Waals surface area contributed by atoms with Crippen LogP contribution in [0.5, 0.6) is 11.8 Å². The lowest BCUT2D eigenvalue weighted by atomic mass is 10.1. The van der Waals surface area contributed by atoms with Gasteiger partial charge in [0.25, 0.3) is 0 Å². The Bertz CT molecular complexity index is 1130. The van der Waals surface area contributed by atoms with Crippen LogP contribution in [0.25, 0.3) is 11.2 Å². The van der Waals surface area contributed by atoms with Crippen LogP contribution in [0.15, 0.2) is 23.0 Å². The average Bonchev–Trinajstić information content (AvgIpc) is 3.01. The second-order valence-corrected chi connectivity index (χ2v) is 6.96. The minimum Gasteiger partial charge on any atom is -0.497 e. The normalized spacial score (nSPS) is 12.7. The fourth-order valence-corrected chi connectivity index (χ4v) is 3.28. The number of hydrogen-bond donors (Lipinski definition) is 4. The minimum atomic E-state index is -2.78. The number of methoxy groups -OCH3 is 1. The molecule has 2 unspecified atom stereocenters. The van der Waals surface area contributed by atoms with E-state index in [-0.39, 0.29) is 42.8 Å². The molecule has 0 saturated heterocycles. The van der Waals surface area contributed by atoms with Gasteiger partial charge in [-0.25, -0.2) is 4.79 Å². The van der Waals surface area contributed by atoms with Crippen LogP contribution >= 0.6 is 8.25 Å². The van der Waals surface area contributed by atoms with Gasteiger partial charge in [0, 0.05) is 4.57 Å². The first-order valence-corrected chi connectivity index (χ1v) is 9.95. The molecule has 3 rings (SSSR count). The number of aliphatic hydroxyl groups excluding tert-OH is 1. The molecule has 0 bridgehead atoms. The number of nitrogens with zero attached hydrogens (tertiary/aromatic N) is 3. The van der Waals surface area contributed by atoms with Gasteiger partial charge in [-0.1, -0.05) is 6.07 Å². The van der Waals surface area contributed by atoms with Crippen molar-refractivity contribution in [1.29, 1.82) is 0 Å². The maximum Gasteiger partial charge on any atom is 0.695 e. The first-order chi connectivity index (χ1) is 14.3. The first-order valence-electron chi connectivity index (χ1n) is 8.82. The highest BCUT2D eigenvalue weighted by Crippen LogP contribution is 2.31. The fourth-order valence-electron chi connectivity index (χ4n) is 2.89. The van der Waals surface area contributed by atoms with E-state index in [9.17, 15) is 9.36 Å². The van der Waals surface area contributed by atoms with E-state index in [4.69, 9.17) is 29.7 Å². The smallest absolute Gasteiger partial charge is 0.497 e. The molecule has 160 valence electrons. The summed E-state index contributed by atoms with van der Waals surface area (Å²) in [5.41, 5.74) is 7.17. The van der Waals surface area contributed by atoms with Gasteiger partial charge in [-0.05, 0) is 30.2 Å². The molecule has 30 heavy (non-hydrogen) atoms. The number of nitrogen functional groups attached to an aromatic ring is 1. The number of hydrogen-bond acceptors (Lipinski definition) is 9. The van der Waals surface area contributed by atoms with Crippen molar-refractivity contribution in [3.8, 4) is 11.8 Å². The van der Waals surface area contributed by atoms with Crippen LogP contribution in [0.1, 0.15) is 24.2 Å². The lowest BCUT2D eigenvalue weighted by molar-refractivity contribution is 0.192. The third kappa shape index (κ3) is 4.74. The number of benzene rings is 1. The first kappa shape index (κ1) is 21.7. The Morgan fingerprint density at radius 2 is 2.10 bits per heavy atom. The monoisotopic (exact) mass is 438 g/mol. The van der Waals surface area contributed by atoms with Gasteiger partial charge in [-0.15, -0.1) is 9.42 Å². The molecule has 12 nitrogen and oxygen atoms in total. The average molecular weight is 438 g/mol. The topological polar surface area (TPSA) is 175 Å². The summed E-state index contributed by atoms with van der Waals surface area (Å²) in [4.78, 5) is 32.3. The Labute approximate surface area is 171 Å². The number of aromatic nitrogens is 4. The van der Waals surface area contributed by atoms with Crippen molar-refractivity contribution >= 4 is 25.2 Å². The van der Waals surface area contributed by atoms with Gasteiger partial charge in [-0.2, -0.15) is 9.97 Å². The van der Waals surface area contributed by atoms with Gasteiger partial charge in [0.15, 0.2) is 11.5 Å². The van der Waals surface area contributed by atoms with E-state index in [0.29, 0.717) is 16.9 Å². The quantitative estimate of drug-likeness (QED) is 0.351. The van der Waals surface area contributed by atoms with E-state index >= 15 is 0 Å². The molecule has 13 heteroatoms. The van der Waals surface area contributed by atoms with Crippen molar-refractivity contribution in [2.24, 2.45) is 0 Å². The number of imidazole rings is 1. The number of rotatable bonds is 9. The van der Waals surface area contributed by atoms with Crippen LogP contribution in [-0.2, 0) is 15.6 Å². The van der Waals surface area contributed by atoms with Crippen LogP contribution in [0.3, 0.4) is 0 Å². The predicted octanol–water partition coefficient (Wildman–Crippen LogP) is 0.857. The van der Waals surface area contributed by atoms with Gasteiger partial charge in [0.2, 0.25) is 0 Å². The number of anilines is 1. The molecule has 0 spiro atoms. The summed E-state index contributed by atoms with van der Waals surface area (Å²) in [5.74, 6) is 0.518. The SMILES string of the molecule is COc1cc(Cn2c(=O)[nH]c3c(N)nc(OCCO)nc32)cc(C(C)O[P+](=O)O)c1. The van der Waals surface area contributed by atoms with Gasteiger partial charge < -0.3 is 25.3 Å². The number of aliphatic hydroxyl groups is 1. The molecule has 0 aliphatic carbocycles. The highest BCUT2D eigenvalue weighted by Gasteiger charge is 2.22. The van der Waals surface area contributed by atoms with Crippen molar-refractivity contribution in [3.63, 3.8) is 0 Å². The molecule has 0 fully saturated rings. The number of fused-ring (bicyclic) bond motifs is 1. The van der Waals surface area contributed by atoms with E-state index in [0.717, 1.165) is 0 Å². The van der Waals surface area contributed by atoms with Gasteiger partial charge in [0.05, 0.1) is 20.3 Å². The molecule has 1 aromatic carbocycles. The molecule has 2 atom stereocenters. The molecule has 0 aliphatic rings. The maximum atomic E-state index is 12.5. The summed E-state index contributed by atoms with van der Waals surface area (Å²) in [6.45, 7) is 1.47. The lowest BCUT2D eigenvalue weighted by Crippen LogP contribution is -2.18. The van der Waals surface area contributed by atoms with Crippen molar-refractivity contribution in [3.05, 3.63) is 39.8 Å². The van der Waals surface area contributed by atoms with E-state index in [2.05, 4.69) is 15.0 Å². The summed E-state index contributed by atoms with van der Waals surface area (Å²) in [6, 6.07) is 5.05. The maximum absolute atomic E-state index is 12.5. The van der Waals surface area contributed by atoms with E-state index in [1.807, 2.05) is 0 Å². The second kappa shape index (κ2) is 9.18. The molecule has 0 aliphatic heterocycles. The zero-order valence-electron chi connectivity index (χ0n) is 16.2. The van der Waals surface area contributed by atoms with Crippen LogP contribution in [0.4, 0.5) is 5.82 Å². The van der Waals surface area contributed by atoms with Crippen LogP contribution in [0, 0.1) is 0 Å². The molecular weight excluding hydrogens is 417 g/mol. The van der Waals surface area contributed by atoms with Gasteiger partial charge >= 0.3 is 20.0 Å².